The van der Waals surface area contributed by atoms with Crippen LogP contribution < -0.4 is 9.62 Å². The average Bonchev–Trinajstić information content (AvgIpc) is 2.38. The molecule has 1 heterocycles. The highest BCUT2D eigenvalue weighted by Gasteiger charge is 2.15. The van der Waals surface area contributed by atoms with Crippen molar-refractivity contribution in [2.45, 2.75) is 19.8 Å². The third-order valence-corrected chi connectivity index (χ3v) is 3.01. The largest absolute Gasteiger partial charge is 0.489 e. The van der Waals surface area contributed by atoms with Crippen LogP contribution in [0.1, 0.15) is 18.4 Å². The molecule has 4 nitrogen and oxygen atoms in total. The summed E-state index contributed by atoms with van der Waals surface area (Å²) >= 11 is 0. The molecule has 0 amide bonds. The third kappa shape index (κ3) is 3.35. The minimum Gasteiger partial charge on any atom is -0.489 e. The van der Waals surface area contributed by atoms with E-state index < -0.39 is 0 Å². The molecule has 17 heavy (non-hydrogen) atoms. The van der Waals surface area contributed by atoms with Gasteiger partial charge in [-0.15, -0.1) is 0 Å². The van der Waals surface area contributed by atoms with Crippen LogP contribution in [0.15, 0.2) is 18.2 Å². The van der Waals surface area contributed by atoms with E-state index in [1.807, 2.05) is 19.1 Å². The van der Waals surface area contributed by atoms with Crippen LogP contribution in [0.4, 0.5) is 0 Å². The predicted molar refractivity (Wildman–Crippen MR) is 63.5 cm³/mol. The number of benzene rings is 1. The van der Waals surface area contributed by atoms with Crippen LogP contribution in [0.25, 0.3) is 0 Å². The summed E-state index contributed by atoms with van der Waals surface area (Å²) in [5.74, 6) is 1.48. The molecule has 0 aromatic heterocycles. The number of ether oxygens (including phenoxy) is 2. The van der Waals surface area contributed by atoms with Crippen molar-refractivity contribution in [3.63, 3.8) is 0 Å². The Morgan fingerprint density at radius 3 is 2.76 bits per heavy atom. The number of hydrogen-bond donors (Lipinski definition) is 1. The van der Waals surface area contributed by atoms with Gasteiger partial charge in [0.15, 0.2) is 5.75 Å². The Morgan fingerprint density at radius 2 is 2.06 bits per heavy atom. The smallest absolute Gasteiger partial charge is 0.207 e. The first-order chi connectivity index (χ1) is 8.29. The highest BCUT2D eigenvalue weighted by atomic mass is 17.1. The molecule has 1 aromatic carbocycles. The zero-order valence-electron chi connectivity index (χ0n) is 10.0. The standard InChI is InChI=1S/C13H18O4/c1-10-2-3-12(13(8-10)17-14)16-9-11-4-6-15-7-5-11/h2-3,8,11,14H,4-7,9H2,1H3. The topological polar surface area (TPSA) is 47.9 Å². The van der Waals surface area contributed by atoms with Gasteiger partial charge in [-0.25, -0.2) is 5.26 Å². The summed E-state index contributed by atoms with van der Waals surface area (Å²) in [6, 6.07) is 5.50. The Labute approximate surface area is 101 Å². The first kappa shape index (κ1) is 12.2. The summed E-state index contributed by atoms with van der Waals surface area (Å²) in [7, 11) is 0. The van der Waals surface area contributed by atoms with E-state index in [9.17, 15) is 0 Å². The number of hydrogen-bond acceptors (Lipinski definition) is 4. The molecule has 94 valence electrons. The van der Waals surface area contributed by atoms with Crippen molar-refractivity contribution in [2.24, 2.45) is 5.92 Å². The van der Waals surface area contributed by atoms with E-state index in [1.54, 1.807) is 6.07 Å². The summed E-state index contributed by atoms with van der Waals surface area (Å²) in [5, 5.41) is 8.78. The maximum atomic E-state index is 8.78. The molecule has 1 aliphatic heterocycles. The maximum Gasteiger partial charge on any atom is 0.207 e. The second-order valence-electron chi connectivity index (χ2n) is 4.41. The van der Waals surface area contributed by atoms with Crippen LogP contribution in [0.5, 0.6) is 11.5 Å². The van der Waals surface area contributed by atoms with E-state index in [-0.39, 0.29) is 0 Å². The van der Waals surface area contributed by atoms with E-state index in [2.05, 4.69) is 4.89 Å². The molecule has 1 N–H and O–H groups in total. The van der Waals surface area contributed by atoms with Gasteiger partial charge in [0.2, 0.25) is 5.75 Å². The lowest BCUT2D eigenvalue weighted by atomic mass is 10.0. The minimum absolute atomic E-state index is 0.372. The van der Waals surface area contributed by atoms with Gasteiger partial charge in [-0.05, 0) is 43.4 Å². The molecular weight excluding hydrogens is 220 g/mol. The molecule has 0 saturated carbocycles. The van der Waals surface area contributed by atoms with Crippen molar-refractivity contribution in [2.75, 3.05) is 19.8 Å². The SMILES string of the molecule is Cc1ccc(OCC2CCOCC2)c(OO)c1. The van der Waals surface area contributed by atoms with Crippen molar-refractivity contribution in [1.82, 2.24) is 0 Å². The monoisotopic (exact) mass is 238 g/mol. The summed E-state index contributed by atoms with van der Waals surface area (Å²) in [4.78, 5) is 4.32. The van der Waals surface area contributed by atoms with Crippen molar-refractivity contribution in [3.8, 4) is 11.5 Å². The average molecular weight is 238 g/mol. The van der Waals surface area contributed by atoms with E-state index in [4.69, 9.17) is 14.7 Å². The quantitative estimate of drug-likeness (QED) is 0.647. The fourth-order valence-electron chi connectivity index (χ4n) is 1.93. The summed E-state index contributed by atoms with van der Waals surface area (Å²) in [5.41, 5.74) is 1.02. The third-order valence-electron chi connectivity index (χ3n) is 3.01. The Kier molecular flexibility index (Phi) is 4.23. The first-order valence-electron chi connectivity index (χ1n) is 5.92. The molecule has 4 heteroatoms. The van der Waals surface area contributed by atoms with E-state index in [0.29, 0.717) is 24.0 Å². The Bertz CT molecular complexity index is 358. The molecule has 0 atom stereocenters. The molecule has 1 aromatic rings. The lowest BCUT2D eigenvalue weighted by Gasteiger charge is -2.22. The first-order valence-corrected chi connectivity index (χ1v) is 5.92. The van der Waals surface area contributed by atoms with Gasteiger partial charge in [0, 0.05) is 13.2 Å². The maximum absolute atomic E-state index is 8.78. The predicted octanol–water partition coefficient (Wildman–Crippen LogP) is 2.65. The molecule has 1 saturated heterocycles. The molecule has 0 aliphatic carbocycles. The fourth-order valence-corrected chi connectivity index (χ4v) is 1.93. The zero-order valence-corrected chi connectivity index (χ0v) is 10.0. The second kappa shape index (κ2) is 5.89. The van der Waals surface area contributed by atoms with Crippen LogP contribution in [-0.4, -0.2) is 25.1 Å². The Hall–Kier alpha value is -1.26. The molecule has 0 radical (unpaired) electrons. The van der Waals surface area contributed by atoms with E-state index >= 15 is 0 Å². The number of aryl methyl sites for hydroxylation is 1. The molecule has 2 rings (SSSR count). The van der Waals surface area contributed by atoms with Crippen LogP contribution >= 0.6 is 0 Å². The Balaban J connectivity index is 1.93. The van der Waals surface area contributed by atoms with Crippen molar-refractivity contribution < 1.29 is 19.6 Å². The van der Waals surface area contributed by atoms with Crippen LogP contribution in [0, 0.1) is 12.8 Å². The molecule has 1 fully saturated rings. The summed E-state index contributed by atoms with van der Waals surface area (Å²) in [6.07, 6.45) is 2.06. The number of rotatable bonds is 4. The molecule has 0 unspecified atom stereocenters. The summed E-state index contributed by atoms with van der Waals surface area (Å²) in [6.45, 7) is 4.20. The molecule has 0 bridgehead atoms. The van der Waals surface area contributed by atoms with Crippen LogP contribution in [0.2, 0.25) is 0 Å². The fraction of sp³-hybridized carbons (Fsp3) is 0.538. The van der Waals surface area contributed by atoms with Gasteiger partial charge in [-0.1, -0.05) is 6.07 Å². The zero-order chi connectivity index (χ0) is 12.1. The van der Waals surface area contributed by atoms with E-state index in [1.165, 1.54) is 0 Å². The molecule has 1 aliphatic rings. The summed E-state index contributed by atoms with van der Waals surface area (Å²) < 4.78 is 11.0. The Morgan fingerprint density at radius 1 is 1.29 bits per heavy atom. The molecule has 0 spiro atoms. The van der Waals surface area contributed by atoms with Gasteiger partial charge in [0.1, 0.15) is 0 Å². The van der Waals surface area contributed by atoms with Gasteiger partial charge < -0.3 is 14.4 Å². The van der Waals surface area contributed by atoms with Gasteiger partial charge in [-0.3, -0.25) is 0 Å². The highest BCUT2D eigenvalue weighted by molar-refractivity contribution is 5.42. The minimum atomic E-state index is 0.372. The van der Waals surface area contributed by atoms with Gasteiger partial charge >= 0.3 is 0 Å². The van der Waals surface area contributed by atoms with Crippen molar-refractivity contribution in [1.29, 1.82) is 0 Å². The van der Waals surface area contributed by atoms with Crippen LogP contribution in [-0.2, 0) is 4.74 Å². The van der Waals surface area contributed by atoms with Crippen LogP contribution in [0.3, 0.4) is 0 Å². The lowest BCUT2D eigenvalue weighted by Crippen LogP contribution is -2.21. The van der Waals surface area contributed by atoms with Gasteiger partial charge in [-0.2, -0.15) is 0 Å². The van der Waals surface area contributed by atoms with Crippen molar-refractivity contribution in [3.05, 3.63) is 23.8 Å². The lowest BCUT2D eigenvalue weighted by molar-refractivity contribution is -0.139. The van der Waals surface area contributed by atoms with Crippen molar-refractivity contribution >= 4 is 0 Å². The molecular formula is C13H18O4. The highest BCUT2D eigenvalue weighted by Crippen LogP contribution is 2.28. The van der Waals surface area contributed by atoms with Gasteiger partial charge in [0.05, 0.1) is 6.61 Å². The normalized spacial score (nSPS) is 16.8. The van der Waals surface area contributed by atoms with E-state index in [0.717, 1.165) is 31.6 Å². The second-order valence-corrected chi connectivity index (χ2v) is 4.41. The van der Waals surface area contributed by atoms with Gasteiger partial charge in [0.25, 0.3) is 0 Å².